The number of benzene rings is 1. The summed E-state index contributed by atoms with van der Waals surface area (Å²) in [4.78, 5) is 46.9. The topological polar surface area (TPSA) is 123 Å². The Labute approximate surface area is 189 Å². The van der Waals surface area contributed by atoms with E-state index in [9.17, 15) is 14.4 Å². The lowest BCUT2D eigenvalue weighted by molar-refractivity contribution is -0.116. The Morgan fingerprint density at radius 2 is 2.06 bits per heavy atom. The summed E-state index contributed by atoms with van der Waals surface area (Å²) in [6.45, 7) is 2.69. The smallest absolute Gasteiger partial charge is 0.330 e. The highest BCUT2D eigenvalue weighted by Crippen LogP contribution is 2.27. The largest absolute Gasteiger partial charge is 0.383 e. The number of rotatable bonds is 10. The third-order valence-corrected chi connectivity index (χ3v) is 6.06. The van der Waals surface area contributed by atoms with Crippen molar-refractivity contribution in [2.75, 3.05) is 36.6 Å². The fourth-order valence-corrected chi connectivity index (χ4v) is 4.25. The molecule has 2 heterocycles. The summed E-state index contributed by atoms with van der Waals surface area (Å²) >= 11 is 1.35. The number of hydrogen-bond donors (Lipinski definition) is 2. The van der Waals surface area contributed by atoms with Crippen molar-refractivity contribution in [3.05, 3.63) is 57.4 Å². The maximum atomic E-state index is 13.2. The summed E-state index contributed by atoms with van der Waals surface area (Å²) in [6, 6.07) is 9.53. The van der Waals surface area contributed by atoms with E-state index in [0.717, 1.165) is 22.2 Å². The molecule has 0 aliphatic rings. The third-order valence-electron chi connectivity index (χ3n) is 5.00. The second-order valence-corrected chi connectivity index (χ2v) is 8.17. The van der Waals surface area contributed by atoms with Gasteiger partial charge in [-0.3, -0.25) is 24.1 Å². The molecule has 0 unspecified atom stereocenters. The molecule has 0 atom stereocenters. The van der Waals surface area contributed by atoms with Gasteiger partial charge < -0.3 is 15.4 Å². The minimum absolute atomic E-state index is 0.0176. The molecule has 0 saturated carbocycles. The zero-order chi connectivity index (χ0) is 23.1. The van der Waals surface area contributed by atoms with Crippen LogP contribution in [0.5, 0.6) is 0 Å². The van der Waals surface area contributed by atoms with Crippen LogP contribution in [0.25, 0.3) is 10.9 Å². The van der Waals surface area contributed by atoms with Crippen LogP contribution in [0.4, 0.5) is 11.5 Å². The van der Waals surface area contributed by atoms with Gasteiger partial charge in [0.2, 0.25) is 5.91 Å². The summed E-state index contributed by atoms with van der Waals surface area (Å²) in [5.74, 6) is -0.258. The van der Waals surface area contributed by atoms with Crippen LogP contribution in [0, 0.1) is 0 Å². The predicted octanol–water partition coefficient (Wildman–Crippen LogP) is 2.24. The standard InChI is InChI=1S/C22H27N5O4S/c1-3-4-11-27-20(23)19(21(29)25-22(27)30)26(12-13-31-2)18(28)14-32-17-9-10-24-16-8-6-5-7-15(16)17/h5-10H,3-4,11-14,23H2,1-2H3,(H,25,29,30). The summed E-state index contributed by atoms with van der Waals surface area (Å²) in [6.07, 6.45) is 3.26. The lowest BCUT2D eigenvalue weighted by atomic mass is 10.2. The van der Waals surface area contributed by atoms with E-state index >= 15 is 0 Å². The number of amides is 1. The van der Waals surface area contributed by atoms with E-state index in [0.29, 0.717) is 13.0 Å². The normalized spacial score (nSPS) is 11.1. The Morgan fingerprint density at radius 1 is 1.28 bits per heavy atom. The van der Waals surface area contributed by atoms with Crippen molar-refractivity contribution >= 4 is 40.1 Å². The van der Waals surface area contributed by atoms with Crippen LogP contribution in [0.3, 0.4) is 0 Å². The number of nitrogens with zero attached hydrogens (tertiary/aromatic N) is 3. The van der Waals surface area contributed by atoms with E-state index < -0.39 is 11.2 Å². The van der Waals surface area contributed by atoms with Crippen LogP contribution in [0.15, 0.2) is 51.0 Å². The number of ether oxygens (including phenoxy) is 1. The number of thioether (sulfide) groups is 1. The minimum Gasteiger partial charge on any atom is -0.383 e. The summed E-state index contributed by atoms with van der Waals surface area (Å²) in [5.41, 5.74) is 5.75. The number of H-pyrrole nitrogens is 1. The van der Waals surface area contributed by atoms with E-state index in [1.165, 1.54) is 28.3 Å². The molecular formula is C22H27N5O4S. The summed E-state index contributed by atoms with van der Waals surface area (Å²) in [7, 11) is 1.51. The molecule has 10 heteroatoms. The molecule has 0 spiro atoms. The van der Waals surface area contributed by atoms with Gasteiger partial charge in [0.25, 0.3) is 5.56 Å². The van der Waals surface area contributed by atoms with Crippen molar-refractivity contribution in [1.29, 1.82) is 0 Å². The van der Waals surface area contributed by atoms with Crippen molar-refractivity contribution in [2.45, 2.75) is 31.2 Å². The Hall–Kier alpha value is -3.11. The predicted molar refractivity (Wildman–Crippen MR) is 127 cm³/mol. The molecule has 2 aromatic heterocycles. The SMILES string of the molecule is CCCCn1c(N)c(N(CCOC)C(=O)CSc2ccnc3ccccc23)c(=O)[nH]c1=O. The molecule has 1 aromatic carbocycles. The highest BCUT2D eigenvalue weighted by Gasteiger charge is 2.24. The number of hydrogen-bond acceptors (Lipinski definition) is 7. The van der Waals surface area contributed by atoms with E-state index in [1.807, 2.05) is 37.3 Å². The van der Waals surface area contributed by atoms with Gasteiger partial charge in [0, 0.05) is 36.7 Å². The second-order valence-electron chi connectivity index (χ2n) is 7.15. The fraction of sp³-hybridized carbons (Fsp3) is 0.364. The molecule has 32 heavy (non-hydrogen) atoms. The van der Waals surface area contributed by atoms with Crippen molar-refractivity contribution in [1.82, 2.24) is 14.5 Å². The molecule has 0 bridgehead atoms. The molecule has 3 rings (SSSR count). The van der Waals surface area contributed by atoms with Gasteiger partial charge in [0.1, 0.15) is 5.82 Å². The molecule has 0 fully saturated rings. The van der Waals surface area contributed by atoms with Crippen molar-refractivity contribution in [2.24, 2.45) is 0 Å². The second kappa shape index (κ2) is 11.0. The molecule has 0 aliphatic heterocycles. The van der Waals surface area contributed by atoms with Gasteiger partial charge in [-0.1, -0.05) is 31.5 Å². The number of methoxy groups -OCH3 is 1. The summed E-state index contributed by atoms with van der Waals surface area (Å²) in [5, 5.41) is 0.946. The van der Waals surface area contributed by atoms with Crippen LogP contribution >= 0.6 is 11.8 Å². The van der Waals surface area contributed by atoms with Crippen molar-refractivity contribution in [3.8, 4) is 0 Å². The number of anilines is 2. The van der Waals surface area contributed by atoms with E-state index in [4.69, 9.17) is 10.5 Å². The molecule has 170 valence electrons. The average Bonchev–Trinajstić information content (AvgIpc) is 2.79. The zero-order valence-electron chi connectivity index (χ0n) is 18.2. The van der Waals surface area contributed by atoms with Gasteiger partial charge in [-0.25, -0.2) is 4.79 Å². The van der Waals surface area contributed by atoms with Crippen LogP contribution in [0.2, 0.25) is 0 Å². The molecule has 0 aliphatic carbocycles. The number of pyridine rings is 1. The van der Waals surface area contributed by atoms with E-state index in [1.54, 1.807) is 6.20 Å². The first-order valence-corrected chi connectivity index (χ1v) is 11.3. The third kappa shape index (κ3) is 5.20. The van der Waals surface area contributed by atoms with Crippen LogP contribution in [-0.2, 0) is 16.1 Å². The number of carbonyl (C=O) groups excluding carboxylic acids is 1. The van der Waals surface area contributed by atoms with Crippen LogP contribution < -0.4 is 21.9 Å². The summed E-state index contributed by atoms with van der Waals surface area (Å²) < 4.78 is 6.43. The number of para-hydroxylation sites is 1. The van der Waals surface area contributed by atoms with E-state index in [2.05, 4.69) is 9.97 Å². The number of carbonyl (C=O) groups is 1. The van der Waals surface area contributed by atoms with Gasteiger partial charge in [0.15, 0.2) is 5.69 Å². The number of aromatic amines is 1. The lowest BCUT2D eigenvalue weighted by Crippen LogP contribution is -2.43. The van der Waals surface area contributed by atoms with Gasteiger partial charge >= 0.3 is 5.69 Å². The molecule has 3 N–H and O–H groups in total. The molecule has 9 nitrogen and oxygen atoms in total. The van der Waals surface area contributed by atoms with Gasteiger partial charge in [-0.05, 0) is 18.6 Å². The molecule has 0 radical (unpaired) electrons. The minimum atomic E-state index is -0.691. The van der Waals surface area contributed by atoms with Crippen LogP contribution in [0.1, 0.15) is 19.8 Å². The highest BCUT2D eigenvalue weighted by molar-refractivity contribution is 8.00. The Morgan fingerprint density at radius 3 is 2.81 bits per heavy atom. The van der Waals surface area contributed by atoms with Gasteiger partial charge in [-0.2, -0.15) is 0 Å². The zero-order valence-corrected chi connectivity index (χ0v) is 19.0. The van der Waals surface area contributed by atoms with Gasteiger partial charge in [-0.15, -0.1) is 11.8 Å². The van der Waals surface area contributed by atoms with Crippen molar-refractivity contribution in [3.63, 3.8) is 0 Å². The Bertz CT molecular complexity index is 1200. The monoisotopic (exact) mass is 457 g/mol. The number of nitrogens with one attached hydrogen (secondary N) is 1. The van der Waals surface area contributed by atoms with Crippen molar-refractivity contribution < 1.29 is 9.53 Å². The molecule has 0 saturated heterocycles. The molecule has 1 amide bonds. The Kier molecular flexibility index (Phi) is 8.07. The van der Waals surface area contributed by atoms with E-state index in [-0.39, 0.29) is 36.3 Å². The first-order valence-electron chi connectivity index (χ1n) is 10.4. The highest BCUT2D eigenvalue weighted by atomic mass is 32.2. The number of nitrogen functional groups attached to an aromatic ring is 1. The molecule has 3 aromatic rings. The first-order chi connectivity index (χ1) is 15.5. The van der Waals surface area contributed by atoms with Gasteiger partial charge in [0.05, 0.1) is 17.9 Å². The quantitative estimate of drug-likeness (QED) is 0.448. The molecular weight excluding hydrogens is 430 g/mol. The number of fused-ring (bicyclic) bond motifs is 1. The Balaban J connectivity index is 1.91. The number of nitrogens with two attached hydrogens (primary N) is 1. The lowest BCUT2D eigenvalue weighted by Gasteiger charge is -2.24. The maximum absolute atomic E-state index is 13.2. The van der Waals surface area contributed by atoms with Crippen LogP contribution in [-0.4, -0.2) is 46.5 Å². The number of aromatic nitrogens is 3. The first kappa shape index (κ1) is 23.6. The average molecular weight is 458 g/mol. The maximum Gasteiger partial charge on any atom is 0.330 e. The fourth-order valence-electron chi connectivity index (χ4n) is 3.33. The number of unbranched alkanes of at least 4 members (excludes halogenated alkanes) is 1.